The number of rotatable bonds is 6. The van der Waals surface area contributed by atoms with Crippen LogP contribution >= 0.6 is 34.3 Å². The molecule has 138 valence electrons. The van der Waals surface area contributed by atoms with E-state index >= 15 is 0 Å². The fraction of sp³-hybridized carbons (Fsp3) is 0.200. The van der Waals surface area contributed by atoms with E-state index in [1.165, 1.54) is 21.1 Å². The molecule has 0 saturated carbocycles. The normalized spacial score (nSPS) is 12.5. The molecule has 7 heteroatoms. The molecule has 0 radical (unpaired) electrons. The van der Waals surface area contributed by atoms with E-state index in [1.807, 2.05) is 29.6 Å². The van der Waals surface area contributed by atoms with Crippen molar-refractivity contribution in [3.8, 4) is 11.1 Å². The van der Waals surface area contributed by atoms with Crippen molar-refractivity contribution in [2.24, 2.45) is 0 Å². The molecule has 1 unspecified atom stereocenters. The number of H-pyrrole nitrogens is 1. The molecule has 0 bridgehead atoms. The predicted octanol–water partition coefficient (Wildman–Crippen LogP) is 3.97. The monoisotopic (exact) mass is 416 g/mol. The Bertz CT molecular complexity index is 1120. The standard InChI is InChI=1S/C20H18ClN3OS2/c1-2-24(10-13-6-5-9-26-13)11-17-22-19(25)18-15(12-27-20(18)23-17)14-7-3-4-8-16(14)21/h3-9,12H,2,10-11H2,1H3,(H,22,23,25)/p+1. The quantitative estimate of drug-likeness (QED) is 0.499. The van der Waals surface area contributed by atoms with Crippen LogP contribution in [0.1, 0.15) is 17.6 Å². The van der Waals surface area contributed by atoms with Gasteiger partial charge in [0, 0.05) is 21.5 Å². The van der Waals surface area contributed by atoms with Crippen LogP contribution in [0.15, 0.2) is 52.0 Å². The number of aromatic nitrogens is 2. The van der Waals surface area contributed by atoms with Crippen LogP contribution in [0.3, 0.4) is 0 Å². The lowest BCUT2D eigenvalue weighted by molar-refractivity contribution is -0.926. The highest BCUT2D eigenvalue weighted by Crippen LogP contribution is 2.34. The van der Waals surface area contributed by atoms with Gasteiger partial charge in [-0.2, -0.15) is 0 Å². The fourth-order valence-corrected chi connectivity index (χ4v) is 5.14. The van der Waals surface area contributed by atoms with Gasteiger partial charge in [0.2, 0.25) is 0 Å². The first kappa shape index (κ1) is 18.4. The first-order valence-electron chi connectivity index (χ1n) is 8.77. The van der Waals surface area contributed by atoms with E-state index in [1.54, 1.807) is 11.3 Å². The molecular formula is C20H19ClN3OS2+. The van der Waals surface area contributed by atoms with Crippen LogP contribution < -0.4 is 10.5 Å². The SMILES string of the molecule is CC[NH+](Cc1nc2scc(-c3ccccc3Cl)c2c(=O)[nH]1)Cc1cccs1. The van der Waals surface area contributed by atoms with Gasteiger partial charge in [-0.1, -0.05) is 35.9 Å². The Labute approximate surface area is 170 Å². The molecule has 3 heterocycles. The lowest BCUT2D eigenvalue weighted by Crippen LogP contribution is -3.09. The number of aromatic amines is 1. The van der Waals surface area contributed by atoms with Crippen molar-refractivity contribution < 1.29 is 4.90 Å². The van der Waals surface area contributed by atoms with Gasteiger partial charge in [-0.05, 0) is 24.4 Å². The predicted molar refractivity (Wildman–Crippen MR) is 114 cm³/mol. The average molecular weight is 417 g/mol. The van der Waals surface area contributed by atoms with Crippen LogP contribution in [0, 0.1) is 0 Å². The summed E-state index contributed by atoms with van der Waals surface area (Å²) in [4.78, 5) is 24.0. The zero-order chi connectivity index (χ0) is 18.8. The van der Waals surface area contributed by atoms with E-state index < -0.39 is 0 Å². The largest absolute Gasteiger partial charge is 0.324 e. The Morgan fingerprint density at radius 1 is 1.11 bits per heavy atom. The van der Waals surface area contributed by atoms with E-state index in [9.17, 15) is 4.79 Å². The molecule has 2 N–H and O–H groups in total. The first-order valence-corrected chi connectivity index (χ1v) is 10.9. The van der Waals surface area contributed by atoms with Crippen LogP contribution in [-0.2, 0) is 13.1 Å². The summed E-state index contributed by atoms with van der Waals surface area (Å²) in [5, 5.41) is 5.32. The third-order valence-electron chi connectivity index (χ3n) is 4.58. The molecule has 0 spiro atoms. The van der Waals surface area contributed by atoms with Gasteiger partial charge in [0.1, 0.15) is 17.9 Å². The van der Waals surface area contributed by atoms with E-state index in [0.717, 1.165) is 34.9 Å². The molecule has 1 aromatic carbocycles. The molecule has 27 heavy (non-hydrogen) atoms. The molecular weight excluding hydrogens is 398 g/mol. The summed E-state index contributed by atoms with van der Waals surface area (Å²) in [6.45, 7) is 4.75. The van der Waals surface area contributed by atoms with Gasteiger partial charge in [-0.15, -0.1) is 22.7 Å². The van der Waals surface area contributed by atoms with Gasteiger partial charge >= 0.3 is 0 Å². The highest BCUT2D eigenvalue weighted by molar-refractivity contribution is 7.17. The van der Waals surface area contributed by atoms with Gasteiger partial charge in [0.15, 0.2) is 5.82 Å². The van der Waals surface area contributed by atoms with Crippen LogP contribution in [0.25, 0.3) is 21.3 Å². The topological polar surface area (TPSA) is 50.2 Å². The molecule has 0 aliphatic carbocycles. The van der Waals surface area contributed by atoms with Crippen LogP contribution in [0.2, 0.25) is 5.02 Å². The number of fused-ring (bicyclic) bond motifs is 1. The van der Waals surface area contributed by atoms with Crippen LogP contribution in [0.4, 0.5) is 0 Å². The minimum atomic E-state index is -0.0993. The summed E-state index contributed by atoms with van der Waals surface area (Å²) in [7, 11) is 0. The number of halogens is 1. The van der Waals surface area contributed by atoms with E-state index in [-0.39, 0.29) is 5.56 Å². The number of hydrogen-bond acceptors (Lipinski definition) is 4. The molecule has 0 amide bonds. The summed E-state index contributed by atoms with van der Waals surface area (Å²) in [5.74, 6) is 0.730. The van der Waals surface area contributed by atoms with Gasteiger partial charge in [-0.3, -0.25) is 4.79 Å². The van der Waals surface area contributed by atoms with Crippen molar-refractivity contribution in [1.29, 1.82) is 0 Å². The fourth-order valence-electron chi connectivity index (χ4n) is 3.16. The number of nitrogens with zero attached hydrogens (tertiary/aromatic N) is 1. The van der Waals surface area contributed by atoms with Crippen molar-refractivity contribution in [3.63, 3.8) is 0 Å². The maximum Gasteiger partial charge on any atom is 0.260 e. The Balaban J connectivity index is 1.67. The Morgan fingerprint density at radius 3 is 2.70 bits per heavy atom. The van der Waals surface area contributed by atoms with Crippen LogP contribution in [-0.4, -0.2) is 16.5 Å². The van der Waals surface area contributed by atoms with Crippen molar-refractivity contribution in [2.75, 3.05) is 6.54 Å². The molecule has 4 rings (SSSR count). The molecule has 4 aromatic rings. The second-order valence-electron chi connectivity index (χ2n) is 6.36. The van der Waals surface area contributed by atoms with Gasteiger partial charge in [0.05, 0.1) is 16.8 Å². The van der Waals surface area contributed by atoms with Crippen molar-refractivity contribution in [3.05, 3.63) is 73.2 Å². The van der Waals surface area contributed by atoms with E-state index in [2.05, 4.69) is 29.4 Å². The number of hydrogen-bond donors (Lipinski definition) is 2. The average Bonchev–Trinajstić information content (AvgIpc) is 3.31. The summed E-state index contributed by atoms with van der Waals surface area (Å²) in [5.41, 5.74) is 1.61. The number of nitrogens with one attached hydrogen (secondary N) is 2. The van der Waals surface area contributed by atoms with E-state index in [0.29, 0.717) is 17.0 Å². The summed E-state index contributed by atoms with van der Waals surface area (Å²) in [6.07, 6.45) is 0. The lowest BCUT2D eigenvalue weighted by atomic mass is 10.1. The number of thiophene rings is 2. The first-order chi connectivity index (χ1) is 13.2. The van der Waals surface area contributed by atoms with Crippen molar-refractivity contribution >= 4 is 44.5 Å². The van der Waals surface area contributed by atoms with E-state index in [4.69, 9.17) is 16.6 Å². The molecule has 4 nitrogen and oxygen atoms in total. The molecule has 0 aliphatic heterocycles. The number of quaternary nitrogens is 1. The maximum absolute atomic E-state index is 12.8. The lowest BCUT2D eigenvalue weighted by Gasteiger charge is -2.16. The molecule has 0 saturated heterocycles. The summed E-state index contributed by atoms with van der Waals surface area (Å²) in [6, 6.07) is 11.8. The van der Waals surface area contributed by atoms with Crippen molar-refractivity contribution in [2.45, 2.75) is 20.0 Å². The maximum atomic E-state index is 12.8. The van der Waals surface area contributed by atoms with Crippen LogP contribution in [0.5, 0.6) is 0 Å². The zero-order valence-corrected chi connectivity index (χ0v) is 17.2. The van der Waals surface area contributed by atoms with Gasteiger partial charge < -0.3 is 9.88 Å². The highest BCUT2D eigenvalue weighted by Gasteiger charge is 2.17. The minimum Gasteiger partial charge on any atom is -0.324 e. The Kier molecular flexibility index (Phi) is 5.41. The molecule has 1 atom stereocenters. The molecule has 0 aliphatic rings. The third-order valence-corrected chi connectivity index (χ3v) is 6.66. The summed E-state index contributed by atoms with van der Waals surface area (Å²) < 4.78 is 0. The second kappa shape index (κ2) is 7.94. The smallest absolute Gasteiger partial charge is 0.260 e. The zero-order valence-electron chi connectivity index (χ0n) is 14.8. The van der Waals surface area contributed by atoms with Gasteiger partial charge in [-0.25, -0.2) is 4.98 Å². The minimum absolute atomic E-state index is 0.0993. The molecule has 3 aromatic heterocycles. The summed E-state index contributed by atoms with van der Waals surface area (Å²) >= 11 is 9.58. The highest BCUT2D eigenvalue weighted by atomic mass is 35.5. The Morgan fingerprint density at radius 2 is 1.96 bits per heavy atom. The Hall–Kier alpha value is -1.99. The van der Waals surface area contributed by atoms with Crippen molar-refractivity contribution in [1.82, 2.24) is 9.97 Å². The number of benzene rings is 1. The molecule has 0 fully saturated rings. The third kappa shape index (κ3) is 3.84. The second-order valence-corrected chi connectivity index (χ2v) is 8.66. The van der Waals surface area contributed by atoms with Gasteiger partial charge in [0.25, 0.3) is 5.56 Å².